The molecule has 0 aliphatic rings. The van der Waals surface area contributed by atoms with Gasteiger partial charge < -0.3 is 14.6 Å². The van der Waals surface area contributed by atoms with Crippen LogP contribution >= 0.6 is 11.3 Å². The first kappa shape index (κ1) is 25.0. The van der Waals surface area contributed by atoms with Crippen LogP contribution in [0.3, 0.4) is 0 Å². The molecule has 4 aromatic rings. The fourth-order valence-corrected chi connectivity index (χ4v) is 3.60. The molecule has 2 aromatic carbocycles. The van der Waals surface area contributed by atoms with E-state index in [1.807, 2.05) is 50.3 Å². The van der Waals surface area contributed by atoms with Crippen LogP contribution in [0, 0.1) is 0 Å². The molecule has 0 fully saturated rings. The van der Waals surface area contributed by atoms with E-state index < -0.39 is 16.4 Å². The summed E-state index contributed by atoms with van der Waals surface area (Å²) in [5.74, 6) is -0.992. The molecule has 14 heteroatoms. The Bertz CT molecular complexity index is 1480. The van der Waals surface area contributed by atoms with E-state index in [2.05, 4.69) is 24.4 Å². The van der Waals surface area contributed by atoms with Gasteiger partial charge in [0.2, 0.25) is 10.4 Å². The van der Waals surface area contributed by atoms with Crippen LogP contribution in [-0.2, 0) is 21.6 Å². The highest BCUT2D eigenvalue weighted by molar-refractivity contribution is 7.80. The summed E-state index contributed by atoms with van der Waals surface area (Å²) in [6.07, 6.45) is 0. The first-order valence-electron chi connectivity index (χ1n) is 9.52. The highest BCUT2D eigenvalue weighted by Crippen LogP contribution is 2.27. The van der Waals surface area contributed by atoms with Crippen LogP contribution in [0.1, 0.15) is 10.4 Å². The van der Waals surface area contributed by atoms with Crippen molar-refractivity contribution in [3.8, 4) is 0 Å². The number of carboxylic acids is 1. The van der Waals surface area contributed by atoms with Gasteiger partial charge in [0.1, 0.15) is 11.2 Å². The highest BCUT2D eigenvalue weighted by Gasteiger charge is 2.19. The molecule has 2 heterocycles. The summed E-state index contributed by atoms with van der Waals surface area (Å²) in [6.45, 7) is 0. The van der Waals surface area contributed by atoms with E-state index in [1.54, 1.807) is 10.6 Å². The average Bonchev–Trinajstić information content (AvgIpc) is 3.10. The van der Waals surface area contributed by atoms with Gasteiger partial charge in [0.05, 0.1) is 19.7 Å². The average molecular weight is 505 g/mol. The summed E-state index contributed by atoms with van der Waals surface area (Å²) in [7, 11) is 2.20. The third-order valence-electron chi connectivity index (χ3n) is 4.48. The van der Waals surface area contributed by atoms with Crippen molar-refractivity contribution in [2.45, 2.75) is 0 Å². The van der Waals surface area contributed by atoms with E-state index in [-0.39, 0.29) is 5.56 Å². The molecule has 0 unspecified atom stereocenters. The van der Waals surface area contributed by atoms with Crippen LogP contribution in [0.4, 0.5) is 16.5 Å². The maximum atomic E-state index is 11.2. The van der Waals surface area contributed by atoms with Crippen molar-refractivity contribution in [2.24, 2.45) is 17.3 Å². The van der Waals surface area contributed by atoms with Gasteiger partial charge in [-0.1, -0.05) is 10.1 Å². The molecule has 12 nitrogen and oxygen atoms in total. The third kappa shape index (κ3) is 6.05. The molecule has 0 saturated carbocycles. The van der Waals surface area contributed by atoms with Gasteiger partial charge in [-0.3, -0.25) is 4.18 Å². The van der Waals surface area contributed by atoms with E-state index >= 15 is 0 Å². The number of benzene rings is 2. The molecule has 0 saturated heterocycles. The van der Waals surface area contributed by atoms with Crippen LogP contribution in [0.5, 0.6) is 0 Å². The van der Waals surface area contributed by atoms with Gasteiger partial charge >= 0.3 is 16.7 Å². The molecule has 0 bridgehead atoms. The van der Waals surface area contributed by atoms with E-state index in [4.69, 9.17) is 5.11 Å². The number of carboxylic acid groups (broad SMARTS) is 1. The van der Waals surface area contributed by atoms with E-state index in [9.17, 15) is 17.8 Å². The summed E-state index contributed by atoms with van der Waals surface area (Å²) < 4.78 is 32.8. The molecule has 4 rings (SSSR count). The number of hydrogen-bond donors (Lipinski definition) is 1. The minimum absolute atomic E-state index is 0.181. The number of aromatic nitrogens is 3. The lowest BCUT2D eigenvalue weighted by Crippen LogP contribution is -2.26. The molecule has 0 aliphatic heterocycles. The number of aromatic carboxylic acids is 1. The highest BCUT2D eigenvalue weighted by atomic mass is 32.3. The Morgan fingerprint density at radius 1 is 1.12 bits per heavy atom. The third-order valence-corrected chi connectivity index (χ3v) is 5.89. The summed E-state index contributed by atoms with van der Waals surface area (Å²) in [4.78, 5) is 23.1. The summed E-state index contributed by atoms with van der Waals surface area (Å²) >= 11 is 1.38. The van der Waals surface area contributed by atoms with Gasteiger partial charge in [-0.05, 0) is 53.8 Å². The molecule has 0 atom stereocenters. The van der Waals surface area contributed by atoms with Crippen molar-refractivity contribution in [3.05, 3.63) is 48.0 Å². The second-order valence-corrected chi connectivity index (χ2v) is 9.10. The van der Waals surface area contributed by atoms with Crippen LogP contribution in [0.25, 0.3) is 21.5 Å². The minimum atomic E-state index is -4.41. The number of hydrogen-bond acceptors (Lipinski definition) is 11. The van der Waals surface area contributed by atoms with E-state index in [0.717, 1.165) is 23.3 Å². The number of rotatable bonds is 5. The largest absolute Gasteiger partial charge is 0.726 e. The zero-order valence-corrected chi connectivity index (χ0v) is 20.2. The van der Waals surface area contributed by atoms with Gasteiger partial charge in [0.15, 0.2) is 10.3 Å². The molecule has 0 aliphatic carbocycles. The smallest absolute Gasteiger partial charge is 0.347 e. The molecular weight excluding hydrogens is 484 g/mol. The molecule has 1 N–H and O–H groups in total. The number of anilines is 1. The first-order valence-corrected chi connectivity index (χ1v) is 11.7. The first-order chi connectivity index (χ1) is 16.0. The Hall–Kier alpha value is -3.59. The maximum absolute atomic E-state index is 11.2. The quantitative estimate of drug-likeness (QED) is 0.186. The van der Waals surface area contributed by atoms with Crippen LogP contribution in [0.2, 0.25) is 0 Å². The lowest BCUT2D eigenvalue weighted by molar-refractivity contribution is -0.629. The summed E-state index contributed by atoms with van der Waals surface area (Å²) in [6, 6.07) is 12.5. The fourth-order valence-electron chi connectivity index (χ4n) is 2.70. The molecule has 178 valence electrons. The monoisotopic (exact) mass is 504 g/mol. The Morgan fingerprint density at radius 2 is 1.76 bits per heavy atom. The molecule has 0 amide bonds. The van der Waals surface area contributed by atoms with E-state index in [1.165, 1.54) is 23.5 Å². The van der Waals surface area contributed by atoms with Gasteiger partial charge in [-0.2, -0.15) is 0 Å². The van der Waals surface area contributed by atoms with Crippen LogP contribution < -0.4 is 9.47 Å². The van der Waals surface area contributed by atoms with Crippen LogP contribution in [0.15, 0.2) is 52.7 Å². The minimum Gasteiger partial charge on any atom is -0.726 e. The Kier molecular flexibility index (Phi) is 7.46. The van der Waals surface area contributed by atoms with Gasteiger partial charge in [0.25, 0.3) is 0 Å². The zero-order chi connectivity index (χ0) is 25.0. The predicted octanol–water partition coefficient (Wildman–Crippen LogP) is 2.94. The Labute approximate surface area is 198 Å². The zero-order valence-electron chi connectivity index (χ0n) is 18.5. The normalized spacial score (nSPS) is 11.6. The van der Waals surface area contributed by atoms with Crippen molar-refractivity contribution < 1.29 is 31.6 Å². The molecule has 0 spiro atoms. The van der Waals surface area contributed by atoms with Crippen molar-refractivity contribution in [2.75, 3.05) is 26.1 Å². The molecule has 34 heavy (non-hydrogen) atoms. The fraction of sp³-hybridized carbons (Fsp3) is 0.200. The second kappa shape index (κ2) is 10.1. The van der Waals surface area contributed by atoms with Crippen molar-refractivity contribution >= 4 is 65.7 Å². The Morgan fingerprint density at radius 3 is 2.32 bits per heavy atom. The molecule has 2 aromatic heterocycles. The van der Waals surface area contributed by atoms with Crippen molar-refractivity contribution in [1.82, 2.24) is 9.97 Å². The van der Waals surface area contributed by atoms with Gasteiger partial charge in [-0.25, -0.2) is 22.8 Å². The number of nitrogens with zero attached hydrogens (tertiary/aromatic N) is 6. The lowest BCUT2D eigenvalue weighted by Gasteiger charge is -2.11. The number of thiazole rings is 1. The lowest BCUT2D eigenvalue weighted by atomic mass is 10.2. The maximum Gasteiger partial charge on any atom is 0.347 e. The Balaban J connectivity index is 0.000000481. The number of azo groups is 1. The van der Waals surface area contributed by atoms with Crippen molar-refractivity contribution in [1.29, 1.82) is 0 Å². The van der Waals surface area contributed by atoms with Crippen molar-refractivity contribution in [3.63, 3.8) is 0 Å². The standard InChI is InChI=1S/C19H16N6O2S.CH4O4S/c1-24(2)13-7-5-12(6-8-13)22-23-19-25(3)16-17(28-19)21-14-9-4-11(18(26)27)10-15(14)20-16;1-5-6(2,3)4/h4-10H,1-3H3;1H3,(H,2,3,4). The van der Waals surface area contributed by atoms with E-state index in [0.29, 0.717) is 21.8 Å². The summed E-state index contributed by atoms with van der Waals surface area (Å²) in [5, 5.41) is 18.5. The number of fused-ring (bicyclic) bond motifs is 2. The molecular formula is C20H20N6O6S2. The predicted molar refractivity (Wildman–Crippen MR) is 125 cm³/mol. The number of aryl methyl sites for hydroxylation is 1. The number of carbonyl (C=O) groups is 1. The van der Waals surface area contributed by atoms with Gasteiger partial charge in [0, 0.05) is 24.9 Å². The topological polar surface area (TPSA) is 161 Å². The molecule has 0 radical (unpaired) electrons. The SMILES string of the molecule is CN(C)c1ccc(/N=N/c2sc3nc4ccc(C(=O)O)cc4nc3[n+]2C)cc1.COS(=O)(=O)[O-]. The summed E-state index contributed by atoms with van der Waals surface area (Å²) in [5.41, 5.74) is 3.83. The second-order valence-electron chi connectivity index (χ2n) is 6.99. The van der Waals surface area contributed by atoms with Gasteiger partial charge in [-0.15, -0.1) is 0 Å². The van der Waals surface area contributed by atoms with Crippen LogP contribution in [-0.4, -0.2) is 55.2 Å².